The van der Waals surface area contributed by atoms with E-state index >= 15 is 0 Å². The number of rotatable bonds is 4. The largest absolute Gasteiger partial charge is 0.390 e. The number of carbonyl (C=O) groups is 1. The number of hydrogen-bond acceptors (Lipinski definition) is 6. The Hall–Kier alpha value is -1.51. The fourth-order valence-electron chi connectivity index (χ4n) is 3.05. The summed E-state index contributed by atoms with van der Waals surface area (Å²) in [5, 5.41) is 23.0. The molecule has 2 aliphatic heterocycles. The van der Waals surface area contributed by atoms with Gasteiger partial charge >= 0.3 is 0 Å². The van der Waals surface area contributed by atoms with Crippen LogP contribution in [0.25, 0.3) is 0 Å². The van der Waals surface area contributed by atoms with Crippen molar-refractivity contribution in [1.82, 2.24) is 30.5 Å². The summed E-state index contributed by atoms with van der Waals surface area (Å²) in [6, 6.07) is 0. The third-order valence-corrected chi connectivity index (χ3v) is 4.24. The first-order chi connectivity index (χ1) is 9.74. The summed E-state index contributed by atoms with van der Waals surface area (Å²) in [5.41, 5.74) is 0.211. The van der Waals surface area contributed by atoms with Crippen LogP contribution in [-0.4, -0.2) is 62.7 Å². The molecule has 0 saturated carbocycles. The number of nitrogens with zero attached hydrogens (tertiary/aromatic N) is 4. The highest BCUT2D eigenvalue weighted by atomic mass is 16.3. The second kappa shape index (κ2) is 5.47. The van der Waals surface area contributed by atoms with Crippen LogP contribution >= 0.6 is 0 Å². The van der Waals surface area contributed by atoms with Crippen LogP contribution in [0.2, 0.25) is 0 Å². The molecule has 110 valence electrons. The first-order valence-corrected chi connectivity index (χ1v) is 6.98. The smallest absolute Gasteiger partial charge is 0.241 e. The Labute approximate surface area is 117 Å². The molecule has 8 nitrogen and oxygen atoms in total. The summed E-state index contributed by atoms with van der Waals surface area (Å²) >= 11 is 0. The van der Waals surface area contributed by atoms with Crippen molar-refractivity contribution in [3.63, 3.8) is 0 Å². The van der Waals surface area contributed by atoms with Crippen molar-refractivity contribution in [2.75, 3.05) is 26.3 Å². The number of carbonyl (C=O) groups excluding carboxylic acids is 1. The summed E-state index contributed by atoms with van der Waals surface area (Å²) < 4.78 is 1.71. The van der Waals surface area contributed by atoms with E-state index in [-0.39, 0.29) is 18.1 Å². The Morgan fingerprint density at radius 3 is 2.85 bits per heavy atom. The zero-order chi connectivity index (χ0) is 14.0. The van der Waals surface area contributed by atoms with Crippen LogP contribution in [-0.2, 0) is 17.9 Å². The number of amides is 1. The highest BCUT2D eigenvalue weighted by Crippen LogP contribution is 2.29. The molecule has 2 aliphatic rings. The number of nitrogens with one attached hydrogen (secondary N) is 2. The summed E-state index contributed by atoms with van der Waals surface area (Å²) in [6.07, 6.45) is 3.43. The molecule has 0 atom stereocenters. The fraction of sp³-hybridized carbons (Fsp3) is 0.750. The van der Waals surface area contributed by atoms with Gasteiger partial charge in [-0.3, -0.25) is 14.4 Å². The SMILES string of the molecule is O=C1NCN(CCn2cc(CO)nn2)C12CCNCC2. The van der Waals surface area contributed by atoms with Gasteiger partial charge in [0.1, 0.15) is 11.2 Å². The van der Waals surface area contributed by atoms with Gasteiger partial charge in [0.2, 0.25) is 5.91 Å². The first-order valence-electron chi connectivity index (χ1n) is 6.98. The third-order valence-electron chi connectivity index (χ3n) is 4.24. The molecule has 8 heteroatoms. The quantitative estimate of drug-likeness (QED) is 0.607. The number of hydrogen-bond donors (Lipinski definition) is 3. The summed E-state index contributed by atoms with van der Waals surface area (Å²) in [6.45, 7) is 3.66. The van der Waals surface area contributed by atoms with Gasteiger partial charge in [-0.15, -0.1) is 5.10 Å². The Balaban J connectivity index is 1.65. The Morgan fingerprint density at radius 1 is 1.35 bits per heavy atom. The molecular weight excluding hydrogens is 260 g/mol. The maximum Gasteiger partial charge on any atom is 0.241 e. The lowest BCUT2D eigenvalue weighted by Crippen LogP contribution is -2.55. The number of aliphatic hydroxyl groups is 1. The predicted molar refractivity (Wildman–Crippen MR) is 70.5 cm³/mol. The monoisotopic (exact) mass is 280 g/mol. The highest BCUT2D eigenvalue weighted by molar-refractivity contribution is 5.88. The third kappa shape index (κ3) is 2.30. The van der Waals surface area contributed by atoms with E-state index in [1.54, 1.807) is 10.9 Å². The normalized spacial score (nSPS) is 22.4. The van der Waals surface area contributed by atoms with E-state index in [1.807, 2.05) is 0 Å². The molecule has 3 heterocycles. The molecule has 0 bridgehead atoms. The predicted octanol–water partition coefficient (Wildman–Crippen LogP) is -1.72. The lowest BCUT2D eigenvalue weighted by atomic mass is 9.87. The van der Waals surface area contributed by atoms with Crippen molar-refractivity contribution in [3.8, 4) is 0 Å². The molecular formula is C12H20N6O2. The van der Waals surface area contributed by atoms with Gasteiger partial charge in [-0.25, -0.2) is 0 Å². The molecule has 1 aromatic heterocycles. The maximum absolute atomic E-state index is 12.2. The van der Waals surface area contributed by atoms with Crippen molar-refractivity contribution in [2.24, 2.45) is 0 Å². The molecule has 1 spiro atoms. The average molecular weight is 280 g/mol. The van der Waals surface area contributed by atoms with Gasteiger partial charge in [-0.2, -0.15) is 0 Å². The van der Waals surface area contributed by atoms with Gasteiger partial charge in [-0.1, -0.05) is 5.21 Å². The summed E-state index contributed by atoms with van der Waals surface area (Å²) in [5.74, 6) is 0.147. The van der Waals surface area contributed by atoms with E-state index in [9.17, 15) is 4.79 Å². The lowest BCUT2D eigenvalue weighted by molar-refractivity contribution is -0.128. The van der Waals surface area contributed by atoms with Crippen LogP contribution in [0.15, 0.2) is 6.20 Å². The molecule has 1 amide bonds. The van der Waals surface area contributed by atoms with Crippen molar-refractivity contribution in [2.45, 2.75) is 31.5 Å². The van der Waals surface area contributed by atoms with Crippen molar-refractivity contribution < 1.29 is 9.90 Å². The molecule has 2 fully saturated rings. The summed E-state index contributed by atoms with van der Waals surface area (Å²) in [7, 11) is 0. The first kappa shape index (κ1) is 13.5. The van der Waals surface area contributed by atoms with Crippen LogP contribution in [0.5, 0.6) is 0 Å². The Morgan fingerprint density at radius 2 is 2.15 bits per heavy atom. The molecule has 0 unspecified atom stereocenters. The van der Waals surface area contributed by atoms with Crippen molar-refractivity contribution >= 4 is 5.91 Å². The minimum absolute atomic E-state index is 0.0979. The minimum Gasteiger partial charge on any atom is -0.390 e. The van der Waals surface area contributed by atoms with E-state index in [0.717, 1.165) is 32.5 Å². The topological polar surface area (TPSA) is 95.3 Å². The Kier molecular flexibility index (Phi) is 3.68. The van der Waals surface area contributed by atoms with Crippen LogP contribution in [0.4, 0.5) is 0 Å². The number of aromatic nitrogens is 3. The van der Waals surface area contributed by atoms with Gasteiger partial charge in [0.15, 0.2) is 0 Å². The standard InChI is InChI=1S/C12H20N6O2/c19-8-10-7-18(16-15-10)6-5-17-9-14-11(20)12(17)1-3-13-4-2-12/h7,13,19H,1-6,8-9H2,(H,14,20). The van der Waals surface area contributed by atoms with Crippen LogP contribution in [0.1, 0.15) is 18.5 Å². The second-order valence-corrected chi connectivity index (χ2v) is 5.34. The number of aliphatic hydroxyl groups excluding tert-OH is 1. The van der Waals surface area contributed by atoms with Gasteiger partial charge in [0.05, 0.1) is 26.0 Å². The molecule has 3 rings (SSSR count). The highest BCUT2D eigenvalue weighted by Gasteiger charge is 2.48. The van der Waals surface area contributed by atoms with Gasteiger partial charge < -0.3 is 15.7 Å². The molecule has 2 saturated heterocycles. The van der Waals surface area contributed by atoms with E-state index < -0.39 is 0 Å². The fourth-order valence-corrected chi connectivity index (χ4v) is 3.05. The molecule has 0 aliphatic carbocycles. The average Bonchev–Trinajstić information content (AvgIpc) is 3.05. The number of piperidine rings is 1. The Bertz CT molecular complexity index is 482. The zero-order valence-corrected chi connectivity index (χ0v) is 11.4. The van der Waals surface area contributed by atoms with Gasteiger partial charge in [0.25, 0.3) is 0 Å². The molecule has 0 radical (unpaired) electrons. The summed E-state index contributed by atoms with van der Waals surface area (Å²) in [4.78, 5) is 14.4. The maximum atomic E-state index is 12.2. The van der Waals surface area contributed by atoms with E-state index in [1.165, 1.54) is 0 Å². The van der Waals surface area contributed by atoms with Crippen molar-refractivity contribution in [3.05, 3.63) is 11.9 Å². The van der Waals surface area contributed by atoms with Gasteiger partial charge in [0, 0.05) is 6.54 Å². The van der Waals surface area contributed by atoms with Gasteiger partial charge in [-0.05, 0) is 25.9 Å². The van der Waals surface area contributed by atoms with Crippen molar-refractivity contribution in [1.29, 1.82) is 0 Å². The molecule has 3 N–H and O–H groups in total. The molecule has 0 aromatic carbocycles. The molecule has 1 aromatic rings. The van der Waals surface area contributed by atoms with E-state index in [2.05, 4.69) is 25.8 Å². The lowest BCUT2D eigenvalue weighted by Gasteiger charge is -2.38. The van der Waals surface area contributed by atoms with Crippen LogP contribution in [0, 0.1) is 0 Å². The van der Waals surface area contributed by atoms with E-state index in [4.69, 9.17) is 5.11 Å². The molecule has 20 heavy (non-hydrogen) atoms. The second-order valence-electron chi connectivity index (χ2n) is 5.34. The van der Waals surface area contributed by atoms with Crippen LogP contribution in [0.3, 0.4) is 0 Å². The van der Waals surface area contributed by atoms with Crippen LogP contribution < -0.4 is 10.6 Å². The van der Waals surface area contributed by atoms with E-state index in [0.29, 0.717) is 18.9 Å². The zero-order valence-electron chi connectivity index (χ0n) is 11.4. The minimum atomic E-state index is -0.356.